The summed E-state index contributed by atoms with van der Waals surface area (Å²) >= 11 is 5.43. The predicted molar refractivity (Wildman–Crippen MR) is 70.3 cm³/mol. The monoisotopic (exact) mass is 247 g/mol. The Bertz CT molecular complexity index is 275. The second-order valence-corrected chi connectivity index (χ2v) is 7.58. The second kappa shape index (κ2) is 5.45. The molecule has 0 aromatic carbocycles. The van der Waals surface area contributed by atoms with Gasteiger partial charge in [-0.1, -0.05) is 11.9 Å². The van der Waals surface area contributed by atoms with E-state index in [4.69, 9.17) is 0 Å². The summed E-state index contributed by atoms with van der Waals surface area (Å²) in [4.78, 5) is 2.78. The van der Waals surface area contributed by atoms with Crippen molar-refractivity contribution >= 4 is 35.0 Å². The molecule has 0 amide bonds. The summed E-state index contributed by atoms with van der Waals surface area (Å²) in [6.07, 6.45) is 2.11. The highest BCUT2D eigenvalue weighted by molar-refractivity contribution is 7.99. The number of rotatable bonds is 4. The zero-order valence-electron chi connectivity index (χ0n) is 9.09. The molecular weight excluding hydrogens is 230 g/mol. The van der Waals surface area contributed by atoms with Crippen molar-refractivity contribution in [3.8, 4) is 0 Å². The van der Waals surface area contributed by atoms with Gasteiger partial charge in [0.2, 0.25) is 0 Å². The Morgan fingerprint density at radius 2 is 2.14 bits per heavy atom. The highest BCUT2D eigenvalue weighted by atomic mass is 32.2. The van der Waals surface area contributed by atoms with Gasteiger partial charge in [0.05, 0.1) is 0 Å². The van der Waals surface area contributed by atoms with Crippen LogP contribution in [0.1, 0.15) is 25.6 Å². The van der Waals surface area contributed by atoms with Gasteiger partial charge in [-0.05, 0) is 33.1 Å². The molecule has 0 saturated heterocycles. The molecule has 1 aromatic heterocycles. The van der Waals surface area contributed by atoms with E-state index in [2.05, 4.69) is 43.2 Å². The smallest absolute Gasteiger partial charge is 0.0404 e. The average molecular weight is 247 g/mol. The summed E-state index contributed by atoms with van der Waals surface area (Å²) in [7, 11) is 0. The molecular formula is C10H17NS3. The van der Waals surface area contributed by atoms with Gasteiger partial charge in [-0.15, -0.1) is 23.1 Å². The summed E-state index contributed by atoms with van der Waals surface area (Å²) in [5, 5.41) is 2.21. The molecule has 0 fully saturated rings. The maximum Gasteiger partial charge on any atom is 0.0404 e. The minimum absolute atomic E-state index is 0.291. The minimum Gasteiger partial charge on any atom is -0.258 e. The van der Waals surface area contributed by atoms with Crippen molar-refractivity contribution in [3.05, 3.63) is 16.3 Å². The summed E-state index contributed by atoms with van der Waals surface area (Å²) in [6.45, 7) is 7.61. The zero-order chi connectivity index (χ0) is 10.6. The fraction of sp³-hybridized carbons (Fsp3) is 0.600. The van der Waals surface area contributed by atoms with E-state index in [1.807, 2.05) is 11.3 Å². The first kappa shape index (κ1) is 12.4. The van der Waals surface area contributed by atoms with Gasteiger partial charge < -0.3 is 0 Å². The highest BCUT2D eigenvalue weighted by Crippen LogP contribution is 2.24. The van der Waals surface area contributed by atoms with Crippen LogP contribution in [0.3, 0.4) is 0 Å². The number of hydrogen-bond acceptors (Lipinski definition) is 4. The molecule has 1 rings (SSSR count). The Hall–Kier alpha value is 0.360. The lowest BCUT2D eigenvalue weighted by molar-refractivity contribution is 0.789. The van der Waals surface area contributed by atoms with Gasteiger partial charge >= 0.3 is 0 Å². The van der Waals surface area contributed by atoms with Gasteiger partial charge in [0.25, 0.3) is 0 Å². The predicted octanol–water partition coefficient (Wildman–Crippen LogP) is 4.01. The van der Waals surface area contributed by atoms with Crippen LogP contribution in [0.4, 0.5) is 0 Å². The van der Waals surface area contributed by atoms with Gasteiger partial charge in [0.15, 0.2) is 0 Å². The highest BCUT2D eigenvalue weighted by Gasteiger charge is 2.10. The van der Waals surface area contributed by atoms with Crippen LogP contribution in [-0.2, 0) is 6.54 Å². The van der Waals surface area contributed by atoms with Crippen LogP contribution >= 0.6 is 35.0 Å². The van der Waals surface area contributed by atoms with Crippen LogP contribution in [0.25, 0.3) is 0 Å². The van der Waals surface area contributed by atoms with Crippen molar-refractivity contribution < 1.29 is 0 Å². The Labute approximate surface area is 99.2 Å². The first-order valence-corrected chi connectivity index (χ1v) is 7.45. The quantitative estimate of drug-likeness (QED) is 0.638. The molecule has 0 saturated carbocycles. The average Bonchev–Trinajstić information content (AvgIpc) is 2.50. The molecule has 1 aromatic rings. The van der Waals surface area contributed by atoms with E-state index in [-0.39, 0.29) is 0 Å². The molecule has 0 spiro atoms. The molecule has 0 unspecified atom stereocenters. The van der Waals surface area contributed by atoms with Crippen LogP contribution < -0.4 is 4.72 Å². The first-order valence-electron chi connectivity index (χ1n) is 4.53. The lowest BCUT2D eigenvalue weighted by Gasteiger charge is -2.17. The number of nitrogens with one attached hydrogen (secondary N) is 1. The summed E-state index contributed by atoms with van der Waals surface area (Å²) < 4.78 is 3.69. The van der Waals surface area contributed by atoms with Gasteiger partial charge in [-0.3, -0.25) is 4.72 Å². The van der Waals surface area contributed by atoms with E-state index in [1.165, 1.54) is 9.77 Å². The minimum atomic E-state index is 0.291. The second-order valence-electron chi connectivity index (χ2n) is 3.99. The lowest BCUT2D eigenvalue weighted by Crippen LogP contribution is -2.16. The third kappa shape index (κ3) is 4.73. The van der Waals surface area contributed by atoms with Crippen molar-refractivity contribution in [1.29, 1.82) is 0 Å². The summed E-state index contributed by atoms with van der Waals surface area (Å²) in [5.41, 5.74) is 0. The van der Waals surface area contributed by atoms with Crippen molar-refractivity contribution in [2.45, 2.75) is 37.0 Å². The molecule has 0 aliphatic heterocycles. The van der Waals surface area contributed by atoms with Crippen molar-refractivity contribution in [2.24, 2.45) is 0 Å². The van der Waals surface area contributed by atoms with Crippen LogP contribution in [0.15, 0.2) is 16.3 Å². The van der Waals surface area contributed by atoms with E-state index in [1.54, 1.807) is 23.7 Å². The maximum absolute atomic E-state index is 3.40. The molecule has 80 valence electrons. The fourth-order valence-electron chi connectivity index (χ4n) is 0.884. The van der Waals surface area contributed by atoms with Crippen molar-refractivity contribution in [1.82, 2.24) is 4.72 Å². The van der Waals surface area contributed by atoms with Gasteiger partial charge in [-0.25, -0.2) is 0 Å². The zero-order valence-corrected chi connectivity index (χ0v) is 11.5. The Morgan fingerprint density at radius 3 is 2.64 bits per heavy atom. The molecule has 14 heavy (non-hydrogen) atoms. The summed E-state index contributed by atoms with van der Waals surface area (Å²) in [6, 6.07) is 2.26. The van der Waals surface area contributed by atoms with E-state index in [0.717, 1.165) is 6.54 Å². The third-order valence-electron chi connectivity index (χ3n) is 1.49. The Kier molecular flexibility index (Phi) is 4.83. The maximum atomic E-state index is 3.40. The molecule has 0 atom stereocenters. The van der Waals surface area contributed by atoms with Crippen LogP contribution in [0.2, 0.25) is 0 Å². The van der Waals surface area contributed by atoms with Gasteiger partial charge in [0, 0.05) is 26.4 Å². The number of thiophene rings is 1. The largest absolute Gasteiger partial charge is 0.258 e. The molecule has 4 heteroatoms. The number of hydrogen-bond donors (Lipinski definition) is 1. The normalized spacial score (nSPS) is 12.0. The van der Waals surface area contributed by atoms with Crippen LogP contribution in [0.5, 0.6) is 0 Å². The standard InChI is InChI=1S/C10H17NS3/c1-10(2,3)14-11-6-8-5-9(12-4)7-13-8/h5,7,11H,6H2,1-4H3. The van der Waals surface area contributed by atoms with Crippen LogP contribution in [-0.4, -0.2) is 11.0 Å². The molecule has 0 bridgehead atoms. The van der Waals surface area contributed by atoms with E-state index < -0.39 is 0 Å². The number of thioether (sulfide) groups is 1. The molecule has 1 nitrogen and oxygen atoms in total. The molecule has 0 radical (unpaired) electrons. The van der Waals surface area contributed by atoms with Crippen LogP contribution in [0, 0.1) is 0 Å². The topological polar surface area (TPSA) is 12.0 Å². The third-order valence-corrected chi connectivity index (χ3v) is 4.18. The molecule has 1 N–H and O–H groups in total. The lowest BCUT2D eigenvalue weighted by atomic mass is 10.3. The van der Waals surface area contributed by atoms with Gasteiger partial charge in [0.1, 0.15) is 0 Å². The van der Waals surface area contributed by atoms with Crippen molar-refractivity contribution in [3.63, 3.8) is 0 Å². The van der Waals surface area contributed by atoms with Crippen molar-refractivity contribution in [2.75, 3.05) is 6.26 Å². The van der Waals surface area contributed by atoms with Gasteiger partial charge in [-0.2, -0.15) is 0 Å². The molecule has 1 heterocycles. The first-order chi connectivity index (χ1) is 6.51. The van der Waals surface area contributed by atoms with E-state index in [0.29, 0.717) is 4.75 Å². The molecule has 0 aliphatic carbocycles. The Balaban J connectivity index is 2.31. The Morgan fingerprint density at radius 1 is 1.43 bits per heavy atom. The fourth-order valence-corrected chi connectivity index (χ4v) is 3.19. The molecule has 0 aliphatic rings. The van der Waals surface area contributed by atoms with E-state index in [9.17, 15) is 0 Å². The SMILES string of the molecule is CSc1csc(CNSC(C)(C)C)c1. The van der Waals surface area contributed by atoms with E-state index >= 15 is 0 Å². The summed E-state index contributed by atoms with van der Waals surface area (Å²) in [5.74, 6) is 0.